The molecule has 0 aliphatic heterocycles. The van der Waals surface area contributed by atoms with Gasteiger partial charge in [-0.1, -0.05) is 29.8 Å². The SMILES string of the molecule is CC(C)N(Cc1ncc[nH]1)c1cccc(OCc2ccc(Cl)cc2)c1. The van der Waals surface area contributed by atoms with E-state index in [4.69, 9.17) is 16.3 Å². The predicted octanol–water partition coefficient (Wildman–Crippen LogP) is 5.06. The molecule has 25 heavy (non-hydrogen) atoms. The van der Waals surface area contributed by atoms with Gasteiger partial charge in [-0.25, -0.2) is 4.98 Å². The Kier molecular flexibility index (Phi) is 5.61. The average molecular weight is 356 g/mol. The standard InChI is InChI=1S/C20H22ClN3O/c1-15(2)24(13-20-22-10-11-23-20)18-4-3-5-19(12-18)25-14-16-6-8-17(21)9-7-16/h3-12,15H,13-14H2,1-2H3,(H,22,23). The van der Waals surface area contributed by atoms with Crippen LogP contribution in [0.4, 0.5) is 5.69 Å². The van der Waals surface area contributed by atoms with Gasteiger partial charge in [0.15, 0.2) is 0 Å². The van der Waals surface area contributed by atoms with Crippen molar-refractivity contribution >= 4 is 17.3 Å². The van der Waals surface area contributed by atoms with Crippen LogP contribution in [0.2, 0.25) is 5.02 Å². The third kappa shape index (κ3) is 4.77. The maximum Gasteiger partial charge on any atom is 0.125 e. The largest absolute Gasteiger partial charge is 0.489 e. The number of aromatic nitrogens is 2. The highest BCUT2D eigenvalue weighted by atomic mass is 35.5. The third-order valence-corrected chi connectivity index (χ3v) is 4.22. The highest BCUT2D eigenvalue weighted by Crippen LogP contribution is 2.25. The van der Waals surface area contributed by atoms with Gasteiger partial charge in [0.2, 0.25) is 0 Å². The second kappa shape index (κ2) is 8.08. The number of nitrogens with zero attached hydrogens (tertiary/aromatic N) is 2. The summed E-state index contributed by atoms with van der Waals surface area (Å²) in [7, 11) is 0. The molecule has 0 spiro atoms. The van der Waals surface area contributed by atoms with E-state index in [9.17, 15) is 0 Å². The topological polar surface area (TPSA) is 41.2 Å². The average Bonchev–Trinajstić information content (AvgIpc) is 3.12. The van der Waals surface area contributed by atoms with Crippen LogP contribution >= 0.6 is 11.6 Å². The first-order valence-electron chi connectivity index (χ1n) is 8.34. The van der Waals surface area contributed by atoms with E-state index < -0.39 is 0 Å². The van der Waals surface area contributed by atoms with E-state index in [1.807, 2.05) is 42.6 Å². The number of nitrogens with one attached hydrogen (secondary N) is 1. The summed E-state index contributed by atoms with van der Waals surface area (Å²) in [5.41, 5.74) is 2.20. The molecule has 3 aromatic rings. The number of rotatable bonds is 7. The maximum absolute atomic E-state index is 5.94. The molecule has 0 amide bonds. The quantitative estimate of drug-likeness (QED) is 0.644. The van der Waals surface area contributed by atoms with Crippen LogP contribution in [-0.4, -0.2) is 16.0 Å². The van der Waals surface area contributed by atoms with Crippen LogP contribution < -0.4 is 9.64 Å². The number of anilines is 1. The molecule has 1 heterocycles. The van der Waals surface area contributed by atoms with Crippen LogP contribution in [0.25, 0.3) is 0 Å². The fraction of sp³-hybridized carbons (Fsp3) is 0.250. The summed E-state index contributed by atoms with van der Waals surface area (Å²) >= 11 is 5.92. The lowest BCUT2D eigenvalue weighted by molar-refractivity contribution is 0.306. The van der Waals surface area contributed by atoms with E-state index >= 15 is 0 Å². The molecule has 0 aliphatic carbocycles. The molecule has 1 N–H and O–H groups in total. The van der Waals surface area contributed by atoms with Crippen LogP contribution in [0.1, 0.15) is 25.2 Å². The zero-order valence-electron chi connectivity index (χ0n) is 14.4. The van der Waals surface area contributed by atoms with Crippen molar-refractivity contribution in [2.24, 2.45) is 0 Å². The van der Waals surface area contributed by atoms with Gasteiger partial charge in [-0.3, -0.25) is 0 Å². The summed E-state index contributed by atoms with van der Waals surface area (Å²) in [6.45, 7) is 5.58. The van der Waals surface area contributed by atoms with Crippen LogP contribution in [0, 0.1) is 0 Å². The van der Waals surface area contributed by atoms with Crippen molar-refractivity contribution < 1.29 is 4.74 Å². The van der Waals surface area contributed by atoms with E-state index in [0.717, 1.165) is 34.4 Å². The van der Waals surface area contributed by atoms with E-state index in [-0.39, 0.29) is 0 Å². The molecular weight excluding hydrogens is 334 g/mol. The Labute approximate surface area is 153 Å². The van der Waals surface area contributed by atoms with Gasteiger partial charge < -0.3 is 14.6 Å². The summed E-state index contributed by atoms with van der Waals surface area (Å²) in [6, 6.07) is 16.2. The summed E-state index contributed by atoms with van der Waals surface area (Å²) in [6.07, 6.45) is 3.62. The van der Waals surface area contributed by atoms with Gasteiger partial charge in [-0.05, 0) is 43.7 Å². The van der Waals surface area contributed by atoms with Gasteiger partial charge >= 0.3 is 0 Å². The predicted molar refractivity (Wildman–Crippen MR) is 102 cm³/mol. The molecule has 0 fully saturated rings. The number of halogens is 1. The van der Waals surface area contributed by atoms with Gasteiger partial charge in [0.05, 0.1) is 6.54 Å². The molecule has 0 atom stereocenters. The van der Waals surface area contributed by atoms with Crippen molar-refractivity contribution in [3.05, 3.63) is 77.3 Å². The van der Waals surface area contributed by atoms with Gasteiger partial charge in [0.1, 0.15) is 18.2 Å². The minimum Gasteiger partial charge on any atom is -0.489 e. The second-order valence-corrected chi connectivity index (χ2v) is 6.61. The smallest absolute Gasteiger partial charge is 0.125 e. The van der Waals surface area contributed by atoms with Gasteiger partial charge in [-0.15, -0.1) is 0 Å². The Morgan fingerprint density at radius 3 is 2.64 bits per heavy atom. The molecular formula is C20H22ClN3O. The summed E-state index contributed by atoms with van der Waals surface area (Å²) in [5.74, 6) is 1.79. The highest BCUT2D eigenvalue weighted by molar-refractivity contribution is 6.30. The number of H-pyrrole nitrogens is 1. The fourth-order valence-electron chi connectivity index (χ4n) is 2.62. The molecule has 4 nitrogen and oxygen atoms in total. The van der Waals surface area contributed by atoms with Gasteiger partial charge in [-0.2, -0.15) is 0 Å². The maximum atomic E-state index is 5.94. The first kappa shape index (κ1) is 17.4. The Morgan fingerprint density at radius 1 is 1.16 bits per heavy atom. The molecule has 3 rings (SSSR count). The molecule has 0 aliphatic rings. The lowest BCUT2D eigenvalue weighted by Gasteiger charge is -2.28. The minimum absolute atomic E-state index is 0.344. The van der Waals surface area contributed by atoms with Gasteiger partial charge in [0.25, 0.3) is 0 Å². The number of hydrogen-bond donors (Lipinski definition) is 1. The Hall–Kier alpha value is -2.46. The second-order valence-electron chi connectivity index (χ2n) is 6.17. The monoisotopic (exact) mass is 355 g/mol. The van der Waals surface area contributed by atoms with E-state index in [2.05, 4.69) is 40.8 Å². The first-order chi connectivity index (χ1) is 12.1. The molecule has 0 bridgehead atoms. The van der Waals surface area contributed by atoms with Crippen molar-refractivity contribution in [3.8, 4) is 5.75 Å². The Balaban J connectivity index is 1.71. The van der Waals surface area contributed by atoms with E-state index in [1.165, 1.54) is 0 Å². The van der Waals surface area contributed by atoms with Crippen molar-refractivity contribution in [2.75, 3.05) is 4.90 Å². The molecule has 0 saturated carbocycles. The molecule has 0 saturated heterocycles. The van der Waals surface area contributed by atoms with Crippen molar-refractivity contribution in [3.63, 3.8) is 0 Å². The number of ether oxygens (including phenoxy) is 1. The van der Waals surface area contributed by atoms with Crippen molar-refractivity contribution in [1.82, 2.24) is 9.97 Å². The Morgan fingerprint density at radius 2 is 1.96 bits per heavy atom. The van der Waals surface area contributed by atoms with E-state index in [0.29, 0.717) is 12.6 Å². The molecule has 0 radical (unpaired) electrons. The molecule has 1 aromatic heterocycles. The van der Waals surface area contributed by atoms with Gasteiger partial charge in [0, 0.05) is 35.2 Å². The summed E-state index contributed by atoms with van der Waals surface area (Å²) in [4.78, 5) is 9.78. The highest BCUT2D eigenvalue weighted by Gasteiger charge is 2.13. The van der Waals surface area contributed by atoms with Crippen LogP contribution in [-0.2, 0) is 13.2 Å². The van der Waals surface area contributed by atoms with Crippen LogP contribution in [0.5, 0.6) is 5.75 Å². The lowest BCUT2D eigenvalue weighted by atomic mass is 10.2. The lowest BCUT2D eigenvalue weighted by Crippen LogP contribution is -2.30. The van der Waals surface area contributed by atoms with E-state index in [1.54, 1.807) is 6.20 Å². The zero-order chi connectivity index (χ0) is 17.6. The normalized spacial score (nSPS) is 10.9. The molecule has 0 unspecified atom stereocenters. The number of aromatic amines is 1. The van der Waals surface area contributed by atoms with Crippen LogP contribution in [0.15, 0.2) is 60.9 Å². The van der Waals surface area contributed by atoms with Crippen molar-refractivity contribution in [1.29, 1.82) is 0 Å². The molecule has 2 aromatic carbocycles. The Bertz CT molecular complexity index is 785. The minimum atomic E-state index is 0.344. The molecule has 5 heteroatoms. The number of imidazole rings is 1. The number of benzene rings is 2. The zero-order valence-corrected chi connectivity index (χ0v) is 15.2. The summed E-state index contributed by atoms with van der Waals surface area (Å²) in [5, 5.41) is 0.733. The van der Waals surface area contributed by atoms with Crippen molar-refractivity contribution in [2.45, 2.75) is 33.0 Å². The molecule has 130 valence electrons. The fourth-order valence-corrected chi connectivity index (χ4v) is 2.74. The first-order valence-corrected chi connectivity index (χ1v) is 8.72. The third-order valence-electron chi connectivity index (χ3n) is 3.97. The number of hydrogen-bond acceptors (Lipinski definition) is 3. The summed E-state index contributed by atoms with van der Waals surface area (Å²) < 4.78 is 5.94. The van der Waals surface area contributed by atoms with Crippen LogP contribution in [0.3, 0.4) is 0 Å².